The maximum absolute atomic E-state index is 11.5. The quantitative estimate of drug-likeness (QED) is 0.854. The maximum atomic E-state index is 11.5. The number of rotatable bonds is 3. The molecule has 24 heavy (non-hydrogen) atoms. The molecule has 1 aromatic rings. The van der Waals surface area contributed by atoms with Crippen LogP contribution in [-0.2, 0) is 4.79 Å². The molecule has 0 radical (unpaired) electrons. The van der Waals surface area contributed by atoms with Crippen LogP contribution < -0.4 is 4.90 Å². The first-order valence-electron chi connectivity index (χ1n) is 9.41. The number of hydrogen-bond acceptors (Lipinski definition) is 5. The number of piperazine rings is 1. The molecule has 2 aliphatic heterocycles. The van der Waals surface area contributed by atoms with E-state index in [1.807, 2.05) is 12.4 Å². The van der Waals surface area contributed by atoms with Gasteiger partial charge in [0.2, 0.25) is 5.95 Å². The first-order chi connectivity index (χ1) is 11.6. The molecular formula is C19H28N4O. The largest absolute Gasteiger partial charge is 0.332 e. The van der Waals surface area contributed by atoms with E-state index in [4.69, 9.17) is 9.97 Å². The maximum Gasteiger partial charge on any atom is 0.225 e. The lowest BCUT2D eigenvalue weighted by Gasteiger charge is -2.39. The Kier molecular flexibility index (Phi) is 4.29. The second-order valence-corrected chi connectivity index (χ2v) is 7.99. The molecule has 3 fully saturated rings. The number of fused-ring (bicyclic) bond motifs is 2. The number of aromatic nitrogens is 2. The number of carbonyl (C=O) groups excluding carboxylic acids is 1. The van der Waals surface area contributed by atoms with Crippen LogP contribution in [0.4, 0.5) is 5.95 Å². The Morgan fingerprint density at radius 2 is 1.58 bits per heavy atom. The van der Waals surface area contributed by atoms with Crippen molar-refractivity contribution in [3.05, 3.63) is 18.0 Å². The molecule has 2 atom stereocenters. The SMILES string of the molecule is CC(=O)[C@H]1CC[C@@H](c2cnc(N3C4CCC3CN(C)C4)nc2)CC1. The van der Waals surface area contributed by atoms with E-state index in [1.54, 1.807) is 6.92 Å². The smallest absolute Gasteiger partial charge is 0.225 e. The minimum Gasteiger partial charge on any atom is -0.332 e. The Labute approximate surface area is 144 Å². The van der Waals surface area contributed by atoms with Crippen molar-refractivity contribution in [3.63, 3.8) is 0 Å². The van der Waals surface area contributed by atoms with Gasteiger partial charge in [0.1, 0.15) is 5.78 Å². The molecule has 1 saturated carbocycles. The molecule has 1 aliphatic carbocycles. The summed E-state index contributed by atoms with van der Waals surface area (Å²) in [5.74, 6) is 2.07. The van der Waals surface area contributed by atoms with Gasteiger partial charge in [0.05, 0.1) is 0 Å². The lowest BCUT2D eigenvalue weighted by molar-refractivity contribution is -0.121. The van der Waals surface area contributed by atoms with Gasteiger partial charge in [0, 0.05) is 43.5 Å². The summed E-state index contributed by atoms with van der Waals surface area (Å²) in [6.45, 7) is 3.97. The zero-order chi connectivity index (χ0) is 16.7. The predicted octanol–water partition coefficient (Wildman–Crippen LogP) is 2.62. The van der Waals surface area contributed by atoms with Crippen molar-refractivity contribution >= 4 is 11.7 Å². The van der Waals surface area contributed by atoms with Gasteiger partial charge in [0.15, 0.2) is 0 Å². The van der Waals surface area contributed by atoms with Crippen molar-refractivity contribution in [3.8, 4) is 0 Å². The third-order valence-corrected chi connectivity index (χ3v) is 6.33. The zero-order valence-corrected chi connectivity index (χ0v) is 14.8. The van der Waals surface area contributed by atoms with Gasteiger partial charge in [-0.3, -0.25) is 4.79 Å². The third-order valence-electron chi connectivity index (χ3n) is 6.33. The molecule has 130 valence electrons. The van der Waals surface area contributed by atoms with Crippen LogP contribution in [0.2, 0.25) is 0 Å². The summed E-state index contributed by atoms with van der Waals surface area (Å²) in [5, 5.41) is 0. The minimum absolute atomic E-state index is 0.280. The molecule has 0 amide bonds. The van der Waals surface area contributed by atoms with Crippen molar-refractivity contribution in [2.75, 3.05) is 25.0 Å². The van der Waals surface area contributed by atoms with Gasteiger partial charge in [-0.25, -0.2) is 9.97 Å². The molecule has 1 aromatic heterocycles. The second-order valence-electron chi connectivity index (χ2n) is 7.99. The number of hydrogen-bond donors (Lipinski definition) is 0. The highest BCUT2D eigenvalue weighted by Crippen LogP contribution is 2.37. The number of Topliss-reactive ketones (excluding diaryl/α,β-unsaturated/α-hetero) is 1. The molecule has 2 unspecified atom stereocenters. The number of likely N-dealkylation sites (tertiary alicyclic amines) is 1. The van der Waals surface area contributed by atoms with Crippen LogP contribution in [0.25, 0.3) is 0 Å². The van der Waals surface area contributed by atoms with Crippen LogP contribution in [0.15, 0.2) is 12.4 Å². The van der Waals surface area contributed by atoms with E-state index >= 15 is 0 Å². The van der Waals surface area contributed by atoms with Crippen molar-refractivity contribution in [2.24, 2.45) is 5.92 Å². The topological polar surface area (TPSA) is 49.3 Å². The van der Waals surface area contributed by atoms with Gasteiger partial charge >= 0.3 is 0 Å². The van der Waals surface area contributed by atoms with E-state index < -0.39 is 0 Å². The van der Waals surface area contributed by atoms with Gasteiger partial charge in [-0.1, -0.05) is 0 Å². The summed E-state index contributed by atoms with van der Waals surface area (Å²) < 4.78 is 0. The number of nitrogens with zero attached hydrogens (tertiary/aromatic N) is 4. The highest BCUT2D eigenvalue weighted by atomic mass is 16.1. The Morgan fingerprint density at radius 1 is 1.00 bits per heavy atom. The average molecular weight is 328 g/mol. The van der Waals surface area contributed by atoms with Crippen molar-refractivity contribution in [1.82, 2.24) is 14.9 Å². The summed E-state index contributed by atoms with van der Waals surface area (Å²) in [5.41, 5.74) is 1.25. The van der Waals surface area contributed by atoms with Gasteiger partial charge in [-0.15, -0.1) is 0 Å². The molecule has 3 heterocycles. The summed E-state index contributed by atoms with van der Waals surface area (Å²) in [7, 11) is 2.21. The number of likely N-dealkylation sites (N-methyl/N-ethyl adjacent to an activating group) is 1. The standard InChI is InChI=1S/C19H28N4O/c1-13(24)14-3-5-15(6-4-14)16-9-20-19(21-10-16)23-17-7-8-18(23)12-22(2)11-17/h9-10,14-15,17-18H,3-8,11-12H2,1-2H3/t14-,15+,17?,18?. The number of anilines is 1. The van der Waals surface area contributed by atoms with Crippen molar-refractivity contribution in [1.29, 1.82) is 0 Å². The summed E-state index contributed by atoms with van der Waals surface area (Å²) in [6.07, 6.45) is 10.8. The first-order valence-corrected chi connectivity index (χ1v) is 9.41. The van der Waals surface area contributed by atoms with E-state index in [1.165, 1.54) is 18.4 Å². The van der Waals surface area contributed by atoms with Crippen LogP contribution in [0.5, 0.6) is 0 Å². The summed E-state index contributed by atoms with van der Waals surface area (Å²) in [6, 6.07) is 1.15. The lowest BCUT2D eigenvalue weighted by atomic mass is 9.78. The Balaban J connectivity index is 1.43. The van der Waals surface area contributed by atoms with Gasteiger partial charge < -0.3 is 9.80 Å². The number of ketones is 1. The average Bonchev–Trinajstić information content (AvgIpc) is 2.86. The molecule has 0 N–H and O–H groups in total. The molecule has 4 rings (SSSR count). The predicted molar refractivity (Wildman–Crippen MR) is 94.2 cm³/mol. The van der Waals surface area contributed by atoms with E-state index in [0.717, 1.165) is 44.7 Å². The van der Waals surface area contributed by atoms with Gasteiger partial charge in [-0.05, 0) is 64.0 Å². The van der Waals surface area contributed by atoms with E-state index in [0.29, 0.717) is 23.8 Å². The zero-order valence-electron chi connectivity index (χ0n) is 14.8. The molecule has 3 aliphatic rings. The lowest BCUT2D eigenvalue weighted by Crippen LogP contribution is -2.53. The minimum atomic E-state index is 0.280. The first kappa shape index (κ1) is 16.0. The monoisotopic (exact) mass is 328 g/mol. The van der Waals surface area contributed by atoms with Crippen LogP contribution in [0.3, 0.4) is 0 Å². The van der Waals surface area contributed by atoms with Crippen LogP contribution >= 0.6 is 0 Å². The normalized spacial score (nSPS) is 33.7. The fourth-order valence-electron chi connectivity index (χ4n) is 4.95. The molecule has 2 saturated heterocycles. The second kappa shape index (κ2) is 6.43. The Bertz CT molecular complexity index is 580. The van der Waals surface area contributed by atoms with Crippen molar-refractivity contribution < 1.29 is 4.79 Å². The molecule has 5 nitrogen and oxygen atoms in total. The third kappa shape index (κ3) is 2.94. The van der Waals surface area contributed by atoms with E-state index in [2.05, 4.69) is 16.8 Å². The molecule has 5 heteroatoms. The fraction of sp³-hybridized carbons (Fsp3) is 0.737. The Morgan fingerprint density at radius 3 is 2.12 bits per heavy atom. The summed E-state index contributed by atoms with van der Waals surface area (Å²) in [4.78, 5) is 25.9. The highest BCUT2D eigenvalue weighted by molar-refractivity contribution is 5.78. The van der Waals surface area contributed by atoms with Crippen molar-refractivity contribution in [2.45, 2.75) is 63.5 Å². The molecule has 0 aromatic carbocycles. The van der Waals surface area contributed by atoms with Crippen LogP contribution in [0.1, 0.15) is 56.9 Å². The van der Waals surface area contributed by atoms with Crippen LogP contribution in [-0.4, -0.2) is 52.9 Å². The van der Waals surface area contributed by atoms with E-state index in [9.17, 15) is 4.79 Å². The van der Waals surface area contributed by atoms with Gasteiger partial charge in [0.25, 0.3) is 0 Å². The Hall–Kier alpha value is -1.49. The van der Waals surface area contributed by atoms with E-state index in [-0.39, 0.29) is 5.92 Å². The molecule has 2 bridgehead atoms. The summed E-state index contributed by atoms with van der Waals surface area (Å²) >= 11 is 0. The molecular weight excluding hydrogens is 300 g/mol. The number of carbonyl (C=O) groups is 1. The highest BCUT2D eigenvalue weighted by Gasteiger charge is 2.40. The fourth-order valence-corrected chi connectivity index (χ4v) is 4.95. The van der Waals surface area contributed by atoms with Crippen LogP contribution in [0, 0.1) is 5.92 Å². The van der Waals surface area contributed by atoms with Gasteiger partial charge in [-0.2, -0.15) is 0 Å². The molecule has 0 spiro atoms.